The van der Waals surface area contributed by atoms with Crippen molar-refractivity contribution in [1.29, 1.82) is 0 Å². The van der Waals surface area contributed by atoms with Gasteiger partial charge in [0, 0.05) is 7.11 Å². The minimum absolute atomic E-state index is 0.0642. The van der Waals surface area contributed by atoms with Gasteiger partial charge in [-0.2, -0.15) is 0 Å². The number of methoxy groups -OCH3 is 1. The highest BCUT2D eigenvalue weighted by Gasteiger charge is 2.26. The Labute approximate surface area is 125 Å². The van der Waals surface area contributed by atoms with Gasteiger partial charge < -0.3 is 9.84 Å². The van der Waals surface area contributed by atoms with Crippen LogP contribution in [0.2, 0.25) is 0 Å². The highest BCUT2D eigenvalue weighted by atomic mass is 16.5. The molecule has 0 radical (unpaired) electrons. The molecule has 0 amide bonds. The summed E-state index contributed by atoms with van der Waals surface area (Å²) in [6, 6.07) is 17.1. The highest BCUT2D eigenvalue weighted by Crippen LogP contribution is 2.34. The van der Waals surface area contributed by atoms with Crippen LogP contribution in [0.1, 0.15) is 28.3 Å². The van der Waals surface area contributed by atoms with Gasteiger partial charge in [0.1, 0.15) is 0 Å². The molecule has 2 aromatic carbocycles. The summed E-state index contributed by atoms with van der Waals surface area (Å²) in [4.78, 5) is 0. The van der Waals surface area contributed by atoms with Crippen molar-refractivity contribution in [3.05, 3.63) is 70.8 Å². The lowest BCUT2D eigenvalue weighted by atomic mass is 9.82. The molecule has 1 aliphatic rings. The van der Waals surface area contributed by atoms with Crippen molar-refractivity contribution in [2.75, 3.05) is 20.3 Å². The summed E-state index contributed by atoms with van der Waals surface area (Å²) in [6.07, 6.45) is 0.971. The van der Waals surface area contributed by atoms with Crippen LogP contribution < -0.4 is 5.32 Å². The first kappa shape index (κ1) is 14.3. The van der Waals surface area contributed by atoms with E-state index in [2.05, 4.69) is 53.8 Å². The van der Waals surface area contributed by atoms with Crippen LogP contribution in [0.5, 0.6) is 0 Å². The normalized spacial score (nSPS) is 15.3. The van der Waals surface area contributed by atoms with Gasteiger partial charge >= 0.3 is 0 Å². The van der Waals surface area contributed by atoms with Crippen molar-refractivity contribution in [2.45, 2.75) is 18.5 Å². The van der Waals surface area contributed by atoms with Gasteiger partial charge in [0.15, 0.2) is 0 Å². The molecule has 3 heteroatoms. The third-order valence-corrected chi connectivity index (χ3v) is 4.10. The van der Waals surface area contributed by atoms with Crippen molar-refractivity contribution in [1.82, 2.24) is 5.32 Å². The van der Waals surface area contributed by atoms with E-state index in [1.165, 1.54) is 22.3 Å². The molecule has 3 rings (SSSR count). The van der Waals surface area contributed by atoms with Gasteiger partial charge in [-0.1, -0.05) is 48.5 Å². The number of nitrogens with one attached hydrogen (secondary N) is 1. The standard InChI is InChI=1S/C18H21NO2/c1-21-12-15(11-20)19-18-16-8-4-2-6-13(16)10-14-7-3-5-9-17(14)18/h2-9,15,18-20H,10-12H2,1H3. The number of hydrogen-bond donors (Lipinski definition) is 2. The predicted molar refractivity (Wildman–Crippen MR) is 83.4 cm³/mol. The van der Waals surface area contributed by atoms with E-state index in [4.69, 9.17) is 4.74 Å². The number of ether oxygens (including phenoxy) is 1. The van der Waals surface area contributed by atoms with E-state index in [9.17, 15) is 5.11 Å². The summed E-state index contributed by atoms with van der Waals surface area (Å²) in [5, 5.41) is 13.1. The Bertz CT molecular complexity index is 566. The summed E-state index contributed by atoms with van der Waals surface area (Å²) in [6.45, 7) is 0.562. The van der Waals surface area contributed by atoms with Crippen LogP contribution in [0.3, 0.4) is 0 Å². The molecule has 0 spiro atoms. The second-order valence-corrected chi connectivity index (χ2v) is 5.51. The zero-order valence-electron chi connectivity index (χ0n) is 12.3. The van der Waals surface area contributed by atoms with Crippen molar-refractivity contribution in [3.63, 3.8) is 0 Å². The molecule has 0 heterocycles. The zero-order valence-corrected chi connectivity index (χ0v) is 12.3. The summed E-state index contributed by atoms with van der Waals surface area (Å²) < 4.78 is 5.19. The van der Waals surface area contributed by atoms with Crippen LogP contribution in [-0.2, 0) is 11.2 Å². The highest BCUT2D eigenvalue weighted by molar-refractivity contribution is 5.48. The van der Waals surface area contributed by atoms with Crippen molar-refractivity contribution < 1.29 is 9.84 Å². The predicted octanol–water partition coefficient (Wildman–Crippen LogP) is 2.28. The fourth-order valence-corrected chi connectivity index (χ4v) is 3.10. The number of aliphatic hydroxyl groups is 1. The molecular weight excluding hydrogens is 262 g/mol. The Hall–Kier alpha value is -1.68. The van der Waals surface area contributed by atoms with Crippen LogP contribution in [-0.4, -0.2) is 31.5 Å². The van der Waals surface area contributed by atoms with Crippen LogP contribution in [0, 0.1) is 0 Å². The summed E-state index contributed by atoms with van der Waals surface area (Å²) in [5.41, 5.74) is 5.29. The van der Waals surface area contributed by atoms with Crippen molar-refractivity contribution in [2.24, 2.45) is 0 Å². The summed E-state index contributed by atoms with van der Waals surface area (Å²) in [7, 11) is 1.66. The smallest absolute Gasteiger partial charge is 0.0638 e. The number of aliphatic hydroxyl groups excluding tert-OH is 1. The van der Waals surface area contributed by atoms with E-state index >= 15 is 0 Å². The first-order chi connectivity index (χ1) is 10.3. The van der Waals surface area contributed by atoms with E-state index in [1.807, 2.05) is 0 Å². The number of hydrogen-bond acceptors (Lipinski definition) is 3. The molecule has 1 unspecified atom stereocenters. The summed E-state index contributed by atoms with van der Waals surface area (Å²) in [5.74, 6) is 0. The molecule has 0 aliphatic heterocycles. The molecule has 1 aliphatic carbocycles. The lowest BCUT2D eigenvalue weighted by Gasteiger charge is -2.32. The van der Waals surface area contributed by atoms with Crippen molar-refractivity contribution in [3.8, 4) is 0 Å². The van der Waals surface area contributed by atoms with E-state index in [0.29, 0.717) is 6.61 Å². The average Bonchev–Trinajstić information content (AvgIpc) is 2.53. The number of fused-ring (bicyclic) bond motifs is 2. The fraction of sp³-hybridized carbons (Fsp3) is 0.333. The first-order valence-electron chi connectivity index (χ1n) is 7.35. The Morgan fingerprint density at radius 3 is 2.19 bits per heavy atom. The van der Waals surface area contributed by atoms with Gasteiger partial charge in [0.2, 0.25) is 0 Å². The SMILES string of the molecule is COCC(CO)NC1c2ccccc2Cc2ccccc21. The monoisotopic (exact) mass is 283 g/mol. The average molecular weight is 283 g/mol. The molecule has 21 heavy (non-hydrogen) atoms. The number of rotatable bonds is 5. The molecular formula is C18H21NO2. The third kappa shape index (κ3) is 2.86. The maximum atomic E-state index is 9.54. The molecule has 0 bridgehead atoms. The van der Waals surface area contributed by atoms with E-state index in [0.717, 1.165) is 6.42 Å². The molecule has 0 aromatic heterocycles. The third-order valence-electron chi connectivity index (χ3n) is 4.10. The molecule has 110 valence electrons. The first-order valence-corrected chi connectivity index (χ1v) is 7.35. The largest absolute Gasteiger partial charge is 0.395 e. The zero-order chi connectivity index (χ0) is 14.7. The lowest BCUT2D eigenvalue weighted by Crippen LogP contribution is -2.40. The quantitative estimate of drug-likeness (QED) is 0.884. The Morgan fingerprint density at radius 1 is 1.10 bits per heavy atom. The second-order valence-electron chi connectivity index (χ2n) is 5.51. The lowest BCUT2D eigenvalue weighted by molar-refractivity contribution is 0.124. The minimum atomic E-state index is -0.0702. The van der Waals surface area contributed by atoms with Crippen LogP contribution in [0.25, 0.3) is 0 Å². The van der Waals surface area contributed by atoms with Crippen LogP contribution in [0.4, 0.5) is 0 Å². The topological polar surface area (TPSA) is 41.5 Å². The number of benzene rings is 2. The molecule has 3 nitrogen and oxygen atoms in total. The molecule has 0 saturated carbocycles. The summed E-state index contributed by atoms with van der Waals surface area (Å²) >= 11 is 0. The van der Waals surface area contributed by atoms with Gasteiger partial charge in [-0.25, -0.2) is 0 Å². The molecule has 2 N–H and O–H groups in total. The fourth-order valence-electron chi connectivity index (χ4n) is 3.10. The Kier molecular flexibility index (Phi) is 4.34. The van der Waals surface area contributed by atoms with Gasteiger partial charge in [0.05, 0.1) is 25.3 Å². The molecule has 1 atom stereocenters. The van der Waals surface area contributed by atoms with Gasteiger partial charge in [-0.3, -0.25) is 5.32 Å². The molecule has 0 fully saturated rings. The van der Waals surface area contributed by atoms with Gasteiger partial charge in [-0.15, -0.1) is 0 Å². The van der Waals surface area contributed by atoms with Gasteiger partial charge in [-0.05, 0) is 28.7 Å². The van der Waals surface area contributed by atoms with E-state index < -0.39 is 0 Å². The molecule has 0 saturated heterocycles. The molecule has 2 aromatic rings. The van der Waals surface area contributed by atoms with E-state index in [1.54, 1.807) is 7.11 Å². The van der Waals surface area contributed by atoms with Crippen LogP contribution in [0.15, 0.2) is 48.5 Å². The second kappa shape index (κ2) is 6.39. The van der Waals surface area contributed by atoms with Gasteiger partial charge in [0.25, 0.3) is 0 Å². The Balaban J connectivity index is 1.98. The maximum absolute atomic E-state index is 9.54. The van der Waals surface area contributed by atoms with Crippen LogP contribution >= 0.6 is 0 Å². The Morgan fingerprint density at radius 2 is 1.67 bits per heavy atom. The van der Waals surface area contributed by atoms with E-state index in [-0.39, 0.29) is 18.7 Å². The minimum Gasteiger partial charge on any atom is -0.395 e. The maximum Gasteiger partial charge on any atom is 0.0638 e. The van der Waals surface area contributed by atoms with Crippen molar-refractivity contribution >= 4 is 0 Å².